The molecule has 1 aromatic heterocycles. The number of rotatable bonds is 3. The molecule has 2 saturated heterocycles. The smallest absolute Gasteiger partial charge is 0.325 e. The van der Waals surface area contributed by atoms with Gasteiger partial charge in [0, 0.05) is 19.0 Å². The predicted octanol–water partition coefficient (Wildman–Crippen LogP) is 3.79. The highest BCUT2D eigenvalue weighted by Gasteiger charge is 2.54. The molecule has 174 valence electrons. The number of hydrogen-bond donors (Lipinski definition) is 1. The molecule has 7 nitrogen and oxygen atoms in total. The predicted molar refractivity (Wildman–Crippen MR) is 129 cm³/mol. The molecule has 1 atom stereocenters. The number of imide groups is 1. The Morgan fingerprint density at radius 3 is 2.68 bits per heavy atom. The monoisotopic (exact) mass is 474 g/mol. The Hall–Kier alpha value is -3.26. The summed E-state index contributed by atoms with van der Waals surface area (Å²) < 4.78 is 1.19. The molecule has 34 heavy (non-hydrogen) atoms. The lowest BCUT2D eigenvalue weighted by molar-refractivity contribution is -0.140. The number of piperidine rings is 1. The first-order chi connectivity index (χ1) is 16.5. The summed E-state index contributed by atoms with van der Waals surface area (Å²) in [7, 11) is 0. The molecule has 6 rings (SSSR count). The Morgan fingerprint density at radius 1 is 1.09 bits per heavy atom. The second kappa shape index (κ2) is 8.20. The number of amides is 4. The fraction of sp³-hybridized carbons (Fsp3) is 0.385. The molecule has 1 aliphatic carbocycles. The van der Waals surface area contributed by atoms with Gasteiger partial charge in [0.05, 0.1) is 15.2 Å². The third kappa shape index (κ3) is 3.39. The largest absolute Gasteiger partial charge is 0.341 e. The van der Waals surface area contributed by atoms with E-state index in [4.69, 9.17) is 4.98 Å². The van der Waals surface area contributed by atoms with E-state index in [1.807, 2.05) is 42.5 Å². The first kappa shape index (κ1) is 21.3. The van der Waals surface area contributed by atoms with Crippen molar-refractivity contribution >= 4 is 39.4 Å². The summed E-state index contributed by atoms with van der Waals surface area (Å²) in [5.74, 6) is -0.144. The number of hydrogen-bond acceptors (Lipinski definition) is 5. The summed E-state index contributed by atoms with van der Waals surface area (Å²) >= 11 is 1.73. The van der Waals surface area contributed by atoms with Crippen LogP contribution >= 0.6 is 11.3 Å². The van der Waals surface area contributed by atoms with E-state index in [-0.39, 0.29) is 18.4 Å². The van der Waals surface area contributed by atoms with E-state index >= 15 is 0 Å². The summed E-state index contributed by atoms with van der Waals surface area (Å²) in [5.41, 5.74) is 1.95. The minimum absolute atomic E-state index is 0.174. The number of nitrogens with one attached hydrogen (secondary N) is 1. The van der Waals surface area contributed by atoms with Crippen molar-refractivity contribution in [1.82, 2.24) is 20.1 Å². The van der Waals surface area contributed by atoms with Crippen LogP contribution in [0.1, 0.15) is 47.7 Å². The number of aromatic nitrogens is 1. The molecule has 1 spiro atoms. The number of urea groups is 1. The molecule has 3 aromatic rings. The molecule has 4 amide bonds. The molecule has 3 aliphatic rings. The number of fused-ring (bicyclic) bond motifs is 3. The quantitative estimate of drug-likeness (QED) is 0.586. The summed E-state index contributed by atoms with van der Waals surface area (Å²) in [4.78, 5) is 47.1. The number of aryl methyl sites for hydroxylation is 1. The van der Waals surface area contributed by atoms with Crippen LogP contribution in [0.15, 0.2) is 48.5 Å². The third-order valence-electron chi connectivity index (χ3n) is 7.45. The maximum atomic E-state index is 13.5. The summed E-state index contributed by atoms with van der Waals surface area (Å²) in [6, 6.07) is 15.5. The number of para-hydroxylation sites is 1. The molecular formula is C26H26N4O3S. The lowest BCUT2D eigenvalue weighted by atomic mass is 9.76. The van der Waals surface area contributed by atoms with Crippen molar-refractivity contribution in [2.45, 2.75) is 43.6 Å². The average Bonchev–Trinajstić information content (AvgIpc) is 3.40. The van der Waals surface area contributed by atoms with Gasteiger partial charge in [0.15, 0.2) is 0 Å². The fourth-order valence-corrected chi connectivity index (χ4v) is 6.77. The normalized spacial score (nSPS) is 22.9. The summed E-state index contributed by atoms with van der Waals surface area (Å²) in [5, 5.41) is 4.06. The molecule has 8 heteroatoms. The van der Waals surface area contributed by atoms with Gasteiger partial charge < -0.3 is 10.2 Å². The fourth-order valence-electron chi connectivity index (χ4n) is 5.63. The van der Waals surface area contributed by atoms with Crippen molar-refractivity contribution in [2.75, 3.05) is 19.6 Å². The second-order valence-electron chi connectivity index (χ2n) is 9.41. The number of thiazole rings is 1. The van der Waals surface area contributed by atoms with Gasteiger partial charge in [-0.2, -0.15) is 0 Å². The molecular weight excluding hydrogens is 448 g/mol. The topological polar surface area (TPSA) is 82.6 Å². The van der Waals surface area contributed by atoms with E-state index < -0.39 is 11.6 Å². The minimum atomic E-state index is -1.04. The van der Waals surface area contributed by atoms with Crippen molar-refractivity contribution in [1.29, 1.82) is 0 Å². The van der Waals surface area contributed by atoms with E-state index in [1.165, 1.54) is 4.70 Å². The maximum Gasteiger partial charge on any atom is 0.325 e. The molecule has 2 aliphatic heterocycles. The average molecular weight is 475 g/mol. The van der Waals surface area contributed by atoms with Crippen molar-refractivity contribution in [3.8, 4) is 0 Å². The lowest BCUT2D eigenvalue weighted by Crippen LogP contribution is -2.48. The molecule has 0 radical (unpaired) electrons. The molecule has 1 N–H and O–H groups in total. The Labute approximate surface area is 201 Å². The molecule has 3 heterocycles. The Kier molecular flexibility index (Phi) is 5.13. The van der Waals surface area contributed by atoms with Crippen LogP contribution in [-0.4, -0.2) is 52.3 Å². The van der Waals surface area contributed by atoms with Gasteiger partial charge in [-0.3, -0.25) is 14.5 Å². The van der Waals surface area contributed by atoms with Crippen molar-refractivity contribution in [2.24, 2.45) is 0 Å². The Balaban J connectivity index is 1.13. The number of carbonyl (C=O) groups is 3. The second-order valence-corrected chi connectivity index (χ2v) is 10.5. The minimum Gasteiger partial charge on any atom is -0.341 e. The van der Waals surface area contributed by atoms with Crippen molar-refractivity contribution in [3.05, 3.63) is 64.7 Å². The van der Waals surface area contributed by atoms with Crippen LogP contribution in [0.4, 0.5) is 4.79 Å². The lowest BCUT2D eigenvalue weighted by Gasteiger charge is -2.34. The van der Waals surface area contributed by atoms with E-state index in [2.05, 4.69) is 11.4 Å². The molecule has 0 saturated carbocycles. The van der Waals surface area contributed by atoms with Crippen LogP contribution in [0.3, 0.4) is 0 Å². The van der Waals surface area contributed by atoms with Crippen LogP contribution in [0.25, 0.3) is 10.2 Å². The van der Waals surface area contributed by atoms with E-state index in [9.17, 15) is 14.4 Å². The van der Waals surface area contributed by atoms with Gasteiger partial charge in [0.25, 0.3) is 5.91 Å². The van der Waals surface area contributed by atoms with Crippen LogP contribution in [0.2, 0.25) is 0 Å². The Bertz CT molecular complexity index is 1260. The zero-order valence-electron chi connectivity index (χ0n) is 18.8. The first-order valence-corrected chi connectivity index (χ1v) is 12.7. The highest BCUT2D eigenvalue weighted by Crippen LogP contribution is 2.40. The van der Waals surface area contributed by atoms with Crippen molar-refractivity contribution in [3.63, 3.8) is 0 Å². The molecule has 0 unspecified atom stereocenters. The number of carbonyl (C=O) groups excluding carboxylic acids is 3. The van der Waals surface area contributed by atoms with Crippen LogP contribution in [0, 0.1) is 0 Å². The zero-order chi connectivity index (χ0) is 23.3. The maximum absolute atomic E-state index is 13.5. The van der Waals surface area contributed by atoms with Crippen LogP contribution in [-0.2, 0) is 21.5 Å². The van der Waals surface area contributed by atoms with Gasteiger partial charge in [0.1, 0.15) is 12.1 Å². The Morgan fingerprint density at radius 2 is 1.85 bits per heavy atom. The van der Waals surface area contributed by atoms with Gasteiger partial charge in [-0.15, -0.1) is 11.3 Å². The van der Waals surface area contributed by atoms with Crippen LogP contribution < -0.4 is 5.32 Å². The number of nitrogens with zero attached hydrogens (tertiary/aromatic N) is 3. The standard InChI is InChI=1S/C26H26N4O3S/c31-22(29-14-11-18(12-15-29)23-27-20-9-3-4-10-21(20)34-23)16-30-24(32)26(28-25(30)33)13-5-7-17-6-1-2-8-19(17)26/h1-4,6,8-10,18H,5,7,11-16H2,(H,28,33)/t26-/m1/s1. The van der Waals surface area contributed by atoms with E-state index in [0.717, 1.165) is 52.2 Å². The molecule has 2 aromatic carbocycles. The van der Waals surface area contributed by atoms with Gasteiger partial charge in [-0.05, 0) is 55.4 Å². The first-order valence-electron chi connectivity index (χ1n) is 11.9. The molecule has 2 fully saturated rings. The van der Waals surface area contributed by atoms with Crippen LogP contribution in [0.5, 0.6) is 0 Å². The highest BCUT2D eigenvalue weighted by molar-refractivity contribution is 7.18. The van der Waals surface area contributed by atoms with Gasteiger partial charge in [-0.25, -0.2) is 9.78 Å². The van der Waals surface area contributed by atoms with Gasteiger partial charge in [0.2, 0.25) is 5.91 Å². The molecule has 0 bridgehead atoms. The number of benzene rings is 2. The van der Waals surface area contributed by atoms with Gasteiger partial charge in [-0.1, -0.05) is 36.4 Å². The highest BCUT2D eigenvalue weighted by atomic mass is 32.1. The zero-order valence-corrected chi connectivity index (χ0v) is 19.6. The van der Waals surface area contributed by atoms with Gasteiger partial charge >= 0.3 is 6.03 Å². The SMILES string of the molecule is O=C(CN1C(=O)N[C@@]2(CCCc3ccccc32)C1=O)N1CCC(c2nc3ccccc3s2)CC1. The summed E-state index contributed by atoms with van der Waals surface area (Å²) in [6.45, 7) is 1.01. The third-order valence-corrected chi connectivity index (χ3v) is 8.65. The van der Waals surface area contributed by atoms with E-state index in [0.29, 0.717) is 25.4 Å². The number of likely N-dealkylation sites (tertiary alicyclic amines) is 1. The van der Waals surface area contributed by atoms with Crippen molar-refractivity contribution < 1.29 is 14.4 Å². The summed E-state index contributed by atoms with van der Waals surface area (Å²) in [6.07, 6.45) is 3.95. The van der Waals surface area contributed by atoms with E-state index in [1.54, 1.807) is 16.2 Å².